The number of Topliss-reactive ketones (excluding diaryl/α,β-unsaturated/α-hetero) is 3. The van der Waals surface area contributed by atoms with Crippen molar-refractivity contribution in [3.05, 3.63) is 129 Å². The molecule has 17 heteroatoms. The van der Waals surface area contributed by atoms with Gasteiger partial charge in [-0.2, -0.15) is 0 Å². The Bertz CT molecular complexity index is 2650. The third-order valence-corrected chi connectivity index (χ3v) is 12.9. The van der Waals surface area contributed by atoms with E-state index in [-0.39, 0.29) is 38.7 Å². The van der Waals surface area contributed by atoms with Crippen LogP contribution in [0.5, 0.6) is 17.2 Å². The van der Waals surface area contributed by atoms with Crippen LogP contribution < -0.4 is 24.8 Å². The Morgan fingerprint density at radius 3 is 2.16 bits per heavy atom. The number of allylic oxidation sites excluding steroid dienone is 4. The van der Waals surface area contributed by atoms with Gasteiger partial charge in [-0.25, -0.2) is 4.79 Å². The van der Waals surface area contributed by atoms with Gasteiger partial charge in [-0.1, -0.05) is 69.7 Å². The second kappa shape index (κ2) is 20.7. The first-order valence-electron chi connectivity index (χ1n) is 21.9. The molecule has 4 aliphatic rings. The molecular weight excluding hydrogens is 900 g/mol. The van der Waals surface area contributed by atoms with Crippen LogP contribution in [0.1, 0.15) is 95.5 Å². The van der Waals surface area contributed by atoms with E-state index in [2.05, 4.69) is 10.6 Å². The lowest BCUT2D eigenvalue weighted by atomic mass is 9.78. The second-order valence-corrected chi connectivity index (χ2v) is 17.7. The van der Waals surface area contributed by atoms with Crippen molar-refractivity contribution >= 4 is 52.5 Å². The Morgan fingerprint density at radius 1 is 0.853 bits per heavy atom. The number of ether oxygens (including phenoxy) is 6. The molecule has 0 spiro atoms. The molecule has 0 fully saturated rings. The number of anilines is 1. The molecule has 5 bridgehead atoms. The zero-order valence-electron chi connectivity index (χ0n) is 39.3. The average Bonchev–Trinajstić information content (AvgIpc) is 3.58. The van der Waals surface area contributed by atoms with E-state index in [4.69, 9.17) is 40.0 Å². The summed E-state index contributed by atoms with van der Waals surface area (Å²) in [6, 6.07) is 12.3. The molecule has 68 heavy (non-hydrogen) atoms. The van der Waals surface area contributed by atoms with E-state index in [0.717, 1.165) is 6.26 Å². The minimum Gasteiger partial charge on any atom is -0.497 e. The summed E-state index contributed by atoms with van der Waals surface area (Å²) in [5.74, 6) is -10.4. The van der Waals surface area contributed by atoms with Crippen LogP contribution in [0, 0.1) is 30.6 Å². The van der Waals surface area contributed by atoms with Gasteiger partial charge in [-0.05, 0) is 56.3 Å². The summed E-state index contributed by atoms with van der Waals surface area (Å²) < 4.78 is 35.1. The van der Waals surface area contributed by atoms with Crippen LogP contribution in [0.3, 0.4) is 0 Å². The number of hydrogen-bond acceptors (Lipinski definition) is 15. The van der Waals surface area contributed by atoms with Gasteiger partial charge >= 0.3 is 17.7 Å². The molecule has 3 aromatic rings. The number of benzene rings is 3. The first kappa shape index (κ1) is 50.8. The molecule has 0 aromatic heterocycles. The standard InChI is InChI=1S/C51H55ClN2O14/c1-24-14-13-15-25(2)49(61)54-40-39(53-31-18-20-32(63-9)21-19-31)43(58)36-37(44(40)59)46(67-50(62)33-16-11-12-17-34(33)52)29(6)47-38(36)48(60)51(8,68-47)65-23-22-35(64-10)26(3)45(66-30(7)55)28(5)42(57)27(4)41(24)56/h11-24,26-28,35,41-42,45,53,56-57H,1-10H3,(H,54,61)/b14-13?,23-22-,25-15-/t24-,26+,27+,28-,35-,41-,42-,45+,51-/m0/s1. The minimum absolute atomic E-state index is 0.0235. The summed E-state index contributed by atoms with van der Waals surface area (Å²) >= 11 is 6.39. The van der Waals surface area contributed by atoms with Crippen LogP contribution in [0.4, 0.5) is 5.69 Å². The Hall–Kier alpha value is -6.59. The van der Waals surface area contributed by atoms with Crippen LogP contribution in [-0.4, -0.2) is 89.8 Å². The molecule has 3 aromatic carbocycles. The largest absolute Gasteiger partial charge is 0.497 e. The van der Waals surface area contributed by atoms with Crippen molar-refractivity contribution < 1.29 is 67.4 Å². The van der Waals surface area contributed by atoms with Crippen LogP contribution >= 0.6 is 11.6 Å². The third-order valence-electron chi connectivity index (χ3n) is 12.6. The molecule has 1 amide bonds. The van der Waals surface area contributed by atoms with Gasteiger partial charge in [0.1, 0.15) is 34.7 Å². The van der Waals surface area contributed by atoms with E-state index in [1.54, 1.807) is 70.2 Å². The number of rotatable bonds is 7. The van der Waals surface area contributed by atoms with E-state index in [1.807, 2.05) is 0 Å². The van der Waals surface area contributed by atoms with E-state index < -0.39 is 117 Å². The third kappa shape index (κ3) is 9.99. The molecule has 0 saturated carbocycles. The lowest BCUT2D eigenvalue weighted by molar-refractivity contribution is -0.160. The number of methoxy groups -OCH3 is 2. The predicted octanol–water partition coefficient (Wildman–Crippen LogP) is 7.25. The SMILES string of the molecule is COc1ccc(NC2=C3NC(=O)/C(C)=C\C=C[C@H](C)[C@H](O)[C@@H](C)[C@H](O)[C@H](C)[C@H](OC(C)=O)[C@H](C)[C@@H](OC)/C=C\O[C@@]4(C)Oc5c(C)c(OC(=O)c6ccccc6Cl)c(c(c5C4=O)C2=O)C3=O)cc1. The van der Waals surface area contributed by atoms with Crippen molar-refractivity contribution in [2.75, 3.05) is 19.5 Å². The number of aliphatic hydroxyl groups is 2. The molecule has 0 unspecified atom stereocenters. The highest BCUT2D eigenvalue weighted by atomic mass is 35.5. The molecule has 1 aliphatic carbocycles. The number of carbonyl (C=O) groups excluding carboxylic acids is 6. The summed E-state index contributed by atoms with van der Waals surface area (Å²) in [4.78, 5) is 85.7. The first-order chi connectivity index (χ1) is 32.1. The number of fused-ring (bicyclic) bond motifs is 14. The molecule has 16 nitrogen and oxygen atoms in total. The topological polar surface area (TPSA) is 222 Å². The number of nitrogens with one attached hydrogen (secondary N) is 2. The van der Waals surface area contributed by atoms with Crippen molar-refractivity contribution in [2.24, 2.45) is 23.7 Å². The molecule has 7 rings (SSSR count). The number of hydrogen-bond donors (Lipinski definition) is 4. The maximum Gasteiger partial charge on any atom is 0.345 e. The molecule has 0 radical (unpaired) electrons. The number of ketones is 3. The van der Waals surface area contributed by atoms with Crippen molar-refractivity contribution in [3.63, 3.8) is 0 Å². The van der Waals surface area contributed by atoms with E-state index in [9.17, 15) is 29.4 Å². The first-order valence-corrected chi connectivity index (χ1v) is 22.3. The van der Waals surface area contributed by atoms with E-state index in [0.29, 0.717) is 5.75 Å². The lowest BCUT2D eigenvalue weighted by Gasteiger charge is -2.38. The van der Waals surface area contributed by atoms with Gasteiger partial charge in [0, 0.05) is 61.5 Å². The average molecular weight is 955 g/mol. The monoisotopic (exact) mass is 954 g/mol. The summed E-state index contributed by atoms with van der Waals surface area (Å²) in [6.45, 7) is 12.2. The predicted molar refractivity (Wildman–Crippen MR) is 250 cm³/mol. The highest BCUT2D eigenvalue weighted by Gasteiger charge is 2.53. The Balaban J connectivity index is 1.58. The maximum atomic E-state index is 15.2. The quantitative estimate of drug-likeness (QED) is 0.135. The highest BCUT2D eigenvalue weighted by molar-refractivity contribution is 6.34. The molecule has 3 heterocycles. The van der Waals surface area contributed by atoms with Gasteiger partial charge in [-0.3, -0.25) is 24.0 Å². The van der Waals surface area contributed by atoms with E-state index in [1.165, 1.54) is 72.3 Å². The smallest absolute Gasteiger partial charge is 0.345 e. The summed E-state index contributed by atoms with van der Waals surface area (Å²) in [5.41, 5.74) is -2.13. The number of aliphatic hydroxyl groups excluding tert-OH is 2. The van der Waals surface area contributed by atoms with E-state index >= 15 is 9.59 Å². The Morgan fingerprint density at radius 2 is 1.53 bits per heavy atom. The fraction of sp³-hybridized carbons (Fsp3) is 0.373. The normalized spacial score (nSPS) is 27.9. The molecule has 4 N–H and O–H groups in total. The summed E-state index contributed by atoms with van der Waals surface area (Å²) in [5, 5.41) is 28.6. The fourth-order valence-corrected chi connectivity index (χ4v) is 8.73. The number of amides is 1. The van der Waals surface area contributed by atoms with Crippen molar-refractivity contribution in [1.82, 2.24) is 5.32 Å². The molecule has 360 valence electrons. The minimum atomic E-state index is -2.21. The van der Waals surface area contributed by atoms with Gasteiger partial charge in [0.25, 0.3) is 11.7 Å². The second-order valence-electron chi connectivity index (χ2n) is 17.2. The van der Waals surface area contributed by atoms with Gasteiger partial charge in [0.15, 0.2) is 0 Å². The molecule has 3 aliphatic heterocycles. The molecule has 0 saturated heterocycles. The summed E-state index contributed by atoms with van der Waals surface area (Å²) in [7, 11) is 2.88. The van der Waals surface area contributed by atoms with Crippen LogP contribution in [-0.2, 0) is 23.8 Å². The Kier molecular flexibility index (Phi) is 15.5. The van der Waals surface area contributed by atoms with Crippen LogP contribution in [0.25, 0.3) is 0 Å². The van der Waals surface area contributed by atoms with Crippen LogP contribution in [0.15, 0.2) is 96.1 Å². The number of halogens is 1. The van der Waals surface area contributed by atoms with Gasteiger partial charge in [0.05, 0.1) is 59.0 Å². The number of esters is 2. The van der Waals surface area contributed by atoms with Crippen molar-refractivity contribution in [3.8, 4) is 17.2 Å². The Labute approximate surface area is 398 Å². The lowest BCUT2D eigenvalue weighted by Crippen LogP contribution is -2.46. The van der Waals surface area contributed by atoms with Gasteiger partial charge in [-0.15, -0.1) is 0 Å². The van der Waals surface area contributed by atoms with Crippen molar-refractivity contribution in [2.45, 2.75) is 85.6 Å². The van der Waals surface area contributed by atoms with Gasteiger partial charge in [0.2, 0.25) is 11.6 Å². The van der Waals surface area contributed by atoms with Crippen LogP contribution in [0.2, 0.25) is 5.02 Å². The zero-order chi connectivity index (χ0) is 49.9. The maximum absolute atomic E-state index is 15.2. The van der Waals surface area contributed by atoms with Crippen molar-refractivity contribution in [1.29, 1.82) is 0 Å². The number of carbonyl (C=O) groups is 6. The molecule has 9 atom stereocenters. The zero-order valence-corrected chi connectivity index (χ0v) is 40.1. The summed E-state index contributed by atoms with van der Waals surface area (Å²) in [6.07, 6.45) is 3.06. The fourth-order valence-electron chi connectivity index (χ4n) is 8.52. The highest BCUT2D eigenvalue weighted by Crippen LogP contribution is 2.49. The molecular formula is C51H55ClN2O14. The van der Waals surface area contributed by atoms with Gasteiger partial charge < -0.3 is 49.3 Å².